The van der Waals surface area contributed by atoms with Crippen molar-refractivity contribution in [3.05, 3.63) is 89.2 Å². The normalized spacial score (nSPS) is 15.2. The summed E-state index contributed by atoms with van der Waals surface area (Å²) in [6, 6.07) is 19.5. The summed E-state index contributed by atoms with van der Waals surface area (Å²) in [7, 11) is 0. The number of ether oxygens (including phenoxy) is 3. The summed E-state index contributed by atoms with van der Waals surface area (Å²) in [6.07, 6.45) is -0.570. The average molecular weight is 393 g/mol. The van der Waals surface area contributed by atoms with Gasteiger partial charge in [0.2, 0.25) is 12.2 Å². The molecule has 0 bridgehead atoms. The number of para-hydroxylation sites is 2. The van der Waals surface area contributed by atoms with Crippen molar-refractivity contribution in [2.45, 2.75) is 26.4 Å². The summed E-state index contributed by atoms with van der Waals surface area (Å²) in [5.74, 6) is 0.467. The molecule has 1 heterocycles. The van der Waals surface area contributed by atoms with Crippen molar-refractivity contribution in [2.75, 3.05) is 5.32 Å². The van der Waals surface area contributed by atoms with Gasteiger partial charge >= 0.3 is 0 Å². The van der Waals surface area contributed by atoms with Crippen LogP contribution in [0.5, 0.6) is 11.5 Å². The molecule has 1 aliphatic heterocycles. The maximum atomic E-state index is 14.1. The van der Waals surface area contributed by atoms with Gasteiger partial charge in [0.25, 0.3) is 0 Å². The summed E-state index contributed by atoms with van der Waals surface area (Å²) in [6.45, 7) is 1.75. The van der Waals surface area contributed by atoms with Crippen molar-refractivity contribution in [3.63, 3.8) is 0 Å². The van der Waals surface area contributed by atoms with Crippen molar-refractivity contribution in [1.82, 2.24) is 0 Å². The topological polar surface area (TPSA) is 56.8 Å². The number of hydrogen-bond donors (Lipinski definition) is 1. The zero-order valence-corrected chi connectivity index (χ0v) is 15.9. The molecule has 148 valence electrons. The smallest absolute Gasteiger partial charge is 0.227 e. The van der Waals surface area contributed by atoms with E-state index in [0.717, 1.165) is 5.56 Å². The molecule has 1 amide bonds. The monoisotopic (exact) mass is 393 g/mol. The Bertz CT molecular complexity index is 1020. The molecule has 0 spiro atoms. The van der Waals surface area contributed by atoms with Crippen LogP contribution in [0.3, 0.4) is 0 Å². The minimum atomic E-state index is -0.570. The number of rotatable bonds is 5. The predicted molar refractivity (Wildman–Crippen MR) is 106 cm³/mol. The van der Waals surface area contributed by atoms with Crippen LogP contribution in [0, 0.1) is 5.82 Å². The number of anilines is 1. The lowest BCUT2D eigenvalue weighted by atomic mass is 10.1. The van der Waals surface area contributed by atoms with Gasteiger partial charge in [0.1, 0.15) is 23.9 Å². The van der Waals surface area contributed by atoms with Crippen molar-refractivity contribution in [1.29, 1.82) is 0 Å². The molecule has 3 aromatic rings. The van der Waals surface area contributed by atoms with E-state index in [1.54, 1.807) is 24.3 Å². The van der Waals surface area contributed by atoms with E-state index in [2.05, 4.69) is 5.32 Å². The molecule has 1 aliphatic rings. The van der Waals surface area contributed by atoms with Crippen molar-refractivity contribution < 1.29 is 23.4 Å². The second-order valence-corrected chi connectivity index (χ2v) is 6.69. The van der Waals surface area contributed by atoms with Crippen LogP contribution in [0.15, 0.2) is 66.7 Å². The predicted octanol–water partition coefficient (Wildman–Crippen LogP) is 4.97. The van der Waals surface area contributed by atoms with Crippen LogP contribution >= 0.6 is 0 Å². The number of halogens is 1. The zero-order chi connectivity index (χ0) is 20.2. The van der Waals surface area contributed by atoms with Gasteiger partial charge in [-0.15, -0.1) is 0 Å². The number of fused-ring (bicyclic) bond motifs is 1. The first-order valence-corrected chi connectivity index (χ1v) is 9.24. The van der Waals surface area contributed by atoms with Gasteiger partial charge < -0.3 is 19.5 Å². The highest BCUT2D eigenvalue weighted by molar-refractivity contribution is 5.90. The fourth-order valence-corrected chi connectivity index (χ4v) is 3.20. The Hall–Kier alpha value is -3.38. The van der Waals surface area contributed by atoms with Crippen LogP contribution in [-0.2, 0) is 22.7 Å². The van der Waals surface area contributed by atoms with Gasteiger partial charge in [-0.25, -0.2) is 4.39 Å². The van der Waals surface area contributed by atoms with E-state index in [1.807, 2.05) is 30.3 Å². The maximum Gasteiger partial charge on any atom is 0.227 e. The zero-order valence-electron chi connectivity index (χ0n) is 15.9. The summed E-state index contributed by atoms with van der Waals surface area (Å²) < 4.78 is 31.8. The van der Waals surface area contributed by atoms with Crippen molar-refractivity contribution >= 4 is 11.6 Å². The Kier molecular flexibility index (Phi) is 5.44. The molecule has 1 atom stereocenters. The number of carbonyl (C=O) groups excluding carboxylic acids is 1. The number of benzene rings is 3. The third-order valence-electron chi connectivity index (χ3n) is 4.48. The molecule has 3 aromatic carbocycles. The molecule has 6 heteroatoms. The van der Waals surface area contributed by atoms with Gasteiger partial charge in [0.05, 0.1) is 12.3 Å². The number of carbonyl (C=O) groups is 1. The van der Waals surface area contributed by atoms with Gasteiger partial charge in [0, 0.05) is 23.6 Å². The first-order valence-electron chi connectivity index (χ1n) is 9.24. The molecule has 0 radical (unpaired) electrons. The molecule has 4 rings (SSSR count). The molecule has 0 fully saturated rings. The molecule has 0 aromatic heterocycles. The fraction of sp³-hybridized carbons (Fsp3) is 0.174. The lowest BCUT2D eigenvalue weighted by molar-refractivity contribution is -0.114. The molecular weight excluding hydrogens is 373 g/mol. The van der Waals surface area contributed by atoms with E-state index in [-0.39, 0.29) is 24.9 Å². The highest BCUT2D eigenvalue weighted by Crippen LogP contribution is 2.37. The Morgan fingerprint density at radius 1 is 1.14 bits per heavy atom. The second-order valence-electron chi connectivity index (χ2n) is 6.69. The quantitative estimate of drug-likeness (QED) is 0.665. The second kappa shape index (κ2) is 8.32. The minimum Gasteiger partial charge on any atom is -0.487 e. The third kappa shape index (κ3) is 4.38. The Balaban J connectivity index is 1.58. The summed E-state index contributed by atoms with van der Waals surface area (Å²) in [4.78, 5) is 11.4. The van der Waals surface area contributed by atoms with E-state index in [9.17, 15) is 9.18 Å². The Labute approximate surface area is 168 Å². The number of amides is 1. The highest BCUT2D eigenvalue weighted by atomic mass is 19.1. The fourth-order valence-electron chi connectivity index (χ4n) is 3.20. The molecule has 0 saturated heterocycles. The van der Waals surface area contributed by atoms with Crippen LogP contribution in [0.1, 0.15) is 29.9 Å². The Morgan fingerprint density at radius 3 is 2.69 bits per heavy atom. The van der Waals surface area contributed by atoms with Crippen LogP contribution in [0.4, 0.5) is 10.1 Å². The van der Waals surface area contributed by atoms with Crippen molar-refractivity contribution in [3.8, 4) is 11.5 Å². The number of nitrogens with one attached hydrogen (secondary N) is 1. The average Bonchev–Trinajstić information content (AvgIpc) is 2.73. The Morgan fingerprint density at radius 2 is 1.90 bits per heavy atom. The highest BCUT2D eigenvalue weighted by Gasteiger charge is 2.25. The molecule has 0 unspecified atom stereocenters. The van der Waals surface area contributed by atoms with E-state index in [1.165, 1.54) is 19.1 Å². The molecular formula is C23H20FNO4. The summed E-state index contributed by atoms with van der Waals surface area (Å²) in [5, 5.41) is 2.72. The molecule has 1 N–H and O–H groups in total. The van der Waals surface area contributed by atoms with Crippen LogP contribution in [0.25, 0.3) is 0 Å². The van der Waals surface area contributed by atoms with E-state index in [0.29, 0.717) is 28.3 Å². The van der Waals surface area contributed by atoms with E-state index < -0.39 is 6.29 Å². The first-order chi connectivity index (χ1) is 14.1. The van der Waals surface area contributed by atoms with Crippen LogP contribution in [0.2, 0.25) is 0 Å². The number of hydrogen-bond acceptors (Lipinski definition) is 4. The van der Waals surface area contributed by atoms with Gasteiger partial charge in [-0.3, -0.25) is 4.79 Å². The van der Waals surface area contributed by atoms with E-state index >= 15 is 0 Å². The van der Waals surface area contributed by atoms with Gasteiger partial charge in [0.15, 0.2) is 0 Å². The SMILES string of the molecule is CC(=O)Nc1ccccc1OCc1cc(F)cc2c1O[C@H](c1ccccc1)OC2. The largest absolute Gasteiger partial charge is 0.487 e. The maximum absolute atomic E-state index is 14.1. The standard InChI is InChI=1S/C23H20FNO4/c1-15(26)25-20-9-5-6-10-21(20)27-13-17-11-19(24)12-18-14-28-23(29-22(17)18)16-7-3-2-4-8-16/h2-12,23H,13-14H2,1H3,(H,25,26)/t23-/m1/s1. The van der Waals surface area contributed by atoms with Gasteiger partial charge in [-0.05, 0) is 24.3 Å². The summed E-state index contributed by atoms with van der Waals surface area (Å²) >= 11 is 0. The van der Waals surface area contributed by atoms with Gasteiger partial charge in [-0.1, -0.05) is 42.5 Å². The van der Waals surface area contributed by atoms with Crippen LogP contribution in [-0.4, -0.2) is 5.91 Å². The van der Waals surface area contributed by atoms with Gasteiger partial charge in [-0.2, -0.15) is 0 Å². The minimum absolute atomic E-state index is 0.0815. The third-order valence-corrected chi connectivity index (χ3v) is 4.48. The molecule has 29 heavy (non-hydrogen) atoms. The van der Waals surface area contributed by atoms with Crippen LogP contribution < -0.4 is 14.8 Å². The molecule has 0 saturated carbocycles. The lowest BCUT2D eigenvalue weighted by Gasteiger charge is -2.28. The molecule has 5 nitrogen and oxygen atoms in total. The summed E-state index contributed by atoms with van der Waals surface area (Å²) in [5.41, 5.74) is 2.63. The first kappa shape index (κ1) is 19.0. The molecule has 0 aliphatic carbocycles. The van der Waals surface area contributed by atoms with Crippen molar-refractivity contribution in [2.24, 2.45) is 0 Å². The lowest BCUT2D eigenvalue weighted by Crippen LogP contribution is -2.20. The van der Waals surface area contributed by atoms with E-state index in [4.69, 9.17) is 14.2 Å².